The summed E-state index contributed by atoms with van der Waals surface area (Å²) in [5.41, 5.74) is 4.67. The molecule has 0 amide bonds. The van der Waals surface area contributed by atoms with Crippen LogP contribution in [0.4, 0.5) is 0 Å². The van der Waals surface area contributed by atoms with Crippen molar-refractivity contribution in [3.05, 3.63) is 53.6 Å². The second-order valence-electron chi connectivity index (χ2n) is 4.87. The molecule has 0 fully saturated rings. The summed E-state index contributed by atoms with van der Waals surface area (Å²) in [6.45, 7) is 4.41. The van der Waals surface area contributed by atoms with Gasteiger partial charge in [0.15, 0.2) is 0 Å². The fourth-order valence-electron chi connectivity index (χ4n) is 2.74. The first kappa shape index (κ1) is 9.46. The summed E-state index contributed by atoms with van der Waals surface area (Å²) in [5, 5.41) is 10.0. The molecular formula is C15H14O. The smallest absolute Gasteiger partial charge is 0.123 e. The van der Waals surface area contributed by atoms with Crippen molar-refractivity contribution < 1.29 is 5.11 Å². The lowest BCUT2D eigenvalue weighted by molar-refractivity contribution is 0.476. The maximum Gasteiger partial charge on any atom is 0.123 e. The summed E-state index contributed by atoms with van der Waals surface area (Å²) in [4.78, 5) is 0. The third-order valence-corrected chi connectivity index (χ3v) is 3.59. The van der Waals surface area contributed by atoms with Crippen LogP contribution in [0.2, 0.25) is 0 Å². The summed E-state index contributed by atoms with van der Waals surface area (Å²) < 4.78 is 0. The quantitative estimate of drug-likeness (QED) is 0.703. The monoisotopic (exact) mass is 210 g/mol. The Morgan fingerprint density at radius 3 is 2.38 bits per heavy atom. The molecule has 1 heteroatoms. The minimum atomic E-state index is -0.00926. The zero-order valence-electron chi connectivity index (χ0n) is 9.49. The van der Waals surface area contributed by atoms with Gasteiger partial charge in [0, 0.05) is 11.0 Å². The van der Waals surface area contributed by atoms with Crippen LogP contribution in [0.25, 0.3) is 11.1 Å². The average molecular weight is 210 g/mol. The van der Waals surface area contributed by atoms with E-state index in [4.69, 9.17) is 0 Å². The van der Waals surface area contributed by atoms with E-state index in [1.54, 1.807) is 6.07 Å². The molecular weight excluding hydrogens is 196 g/mol. The second-order valence-corrected chi connectivity index (χ2v) is 4.87. The minimum absolute atomic E-state index is 0.00926. The minimum Gasteiger partial charge on any atom is -0.507 e. The molecule has 2 aromatic carbocycles. The van der Waals surface area contributed by atoms with E-state index >= 15 is 0 Å². The Hall–Kier alpha value is -1.76. The van der Waals surface area contributed by atoms with Crippen LogP contribution >= 0.6 is 0 Å². The van der Waals surface area contributed by atoms with Crippen molar-refractivity contribution in [3.63, 3.8) is 0 Å². The first-order chi connectivity index (χ1) is 7.62. The van der Waals surface area contributed by atoms with Gasteiger partial charge in [0.1, 0.15) is 5.75 Å². The number of phenols is 1. The van der Waals surface area contributed by atoms with Crippen LogP contribution in [0.5, 0.6) is 5.75 Å². The molecule has 0 radical (unpaired) electrons. The number of benzene rings is 2. The molecule has 16 heavy (non-hydrogen) atoms. The van der Waals surface area contributed by atoms with Crippen LogP contribution in [0.1, 0.15) is 25.0 Å². The van der Waals surface area contributed by atoms with E-state index in [-0.39, 0.29) is 5.41 Å². The van der Waals surface area contributed by atoms with Gasteiger partial charge in [-0.3, -0.25) is 0 Å². The van der Waals surface area contributed by atoms with Gasteiger partial charge in [0.25, 0.3) is 0 Å². The van der Waals surface area contributed by atoms with E-state index in [1.807, 2.05) is 12.1 Å². The fourth-order valence-corrected chi connectivity index (χ4v) is 2.74. The molecule has 2 aromatic rings. The molecule has 0 aromatic heterocycles. The van der Waals surface area contributed by atoms with Gasteiger partial charge in [-0.15, -0.1) is 0 Å². The van der Waals surface area contributed by atoms with Crippen molar-refractivity contribution in [2.24, 2.45) is 0 Å². The number of hydrogen-bond donors (Lipinski definition) is 1. The Morgan fingerprint density at radius 2 is 1.56 bits per heavy atom. The van der Waals surface area contributed by atoms with Gasteiger partial charge in [-0.05, 0) is 22.8 Å². The molecule has 1 nitrogen and oxygen atoms in total. The van der Waals surface area contributed by atoms with E-state index in [1.165, 1.54) is 16.7 Å². The van der Waals surface area contributed by atoms with Gasteiger partial charge in [0.05, 0.1) is 0 Å². The Morgan fingerprint density at radius 1 is 0.875 bits per heavy atom. The molecule has 0 atom stereocenters. The van der Waals surface area contributed by atoms with Crippen LogP contribution in [0.15, 0.2) is 42.5 Å². The molecule has 0 spiro atoms. The summed E-state index contributed by atoms with van der Waals surface area (Å²) in [5.74, 6) is 0.385. The van der Waals surface area contributed by atoms with Gasteiger partial charge in [-0.2, -0.15) is 0 Å². The summed E-state index contributed by atoms with van der Waals surface area (Å²) >= 11 is 0. The molecule has 1 aliphatic rings. The predicted molar refractivity (Wildman–Crippen MR) is 65.7 cm³/mol. The highest BCUT2D eigenvalue weighted by Gasteiger charge is 2.36. The van der Waals surface area contributed by atoms with Crippen molar-refractivity contribution in [1.82, 2.24) is 0 Å². The van der Waals surface area contributed by atoms with Crippen molar-refractivity contribution in [2.45, 2.75) is 19.3 Å². The van der Waals surface area contributed by atoms with Crippen LogP contribution in [0.3, 0.4) is 0 Å². The van der Waals surface area contributed by atoms with Crippen LogP contribution in [-0.2, 0) is 5.41 Å². The summed E-state index contributed by atoms with van der Waals surface area (Å²) in [6, 6.07) is 14.1. The molecule has 80 valence electrons. The lowest BCUT2D eigenvalue weighted by Crippen LogP contribution is -2.14. The highest BCUT2D eigenvalue weighted by atomic mass is 16.3. The van der Waals surface area contributed by atoms with Crippen molar-refractivity contribution in [2.75, 3.05) is 0 Å². The van der Waals surface area contributed by atoms with Crippen molar-refractivity contribution >= 4 is 0 Å². The Balaban J connectivity index is 2.45. The molecule has 3 rings (SSSR count). The van der Waals surface area contributed by atoms with Gasteiger partial charge in [-0.1, -0.05) is 50.2 Å². The Kier molecular flexibility index (Phi) is 1.70. The average Bonchev–Trinajstić information content (AvgIpc) is 2.51. The number of hydrogen-bond acceptors (Lipinski definition) is 1. The van der Waals surface area contributed by atoms with Crippen LogP contribution in [-0.4, -0.2) is 5.11 Å². The van der Waals surface area contributed by atoms with E-state index in [9.17, 15) is 5.11 Å². The first-order valence-corrected chi connectivity index (χ1v) is 5.54. The highest BCUT2D eigenvalue weighted by molar-refractivity contribution is 5.84. The lowest BCUT2D eigenvalue weighted by Gasteiger charge is -2.21. The molecule has 0 heterocycles. The maximum atomic E-state index is 10.0. The standard InChI is InChI=1S/C15H14O/c1-15(2)11-7-4-3-6-10(11)14-12(15)8-5-9-13(14)16/h3-9,16H,1-2H3. The van der Waals surface area contributed by atoms with E-state index < -0.39 is 0 Å². The molecule has 0 saturated carbocycles. The zero-order chi connectivity index (χ0) is 11.3. The Labute approximate surface area is 95.4 Å². The predicted octanol–water partition coefficient (Wildman–Crippen LogP) is 3.70. The van der Waals surface area contributed by atoms with Gasteiger partial charge < -0.3 is 5.11 Å². The molecule has 0 saturated heterocycles. The lowest BCUT2D eigenvalue weighted by atomic mass is 9.82. The van der Waals surface area contributed by atoms with Crippen LogP contribution < -0.4 is 0 Å². The number of aromatic hydroxyl groups is 1. The molecule has 0 unspecified atom stereocenters. The summed E-state index contributed by atoms with van der Waals surface area (Å²) in [6.07, 6.45) is 0. The van der Waals surface area contributed by atoms with E-state index in [2.05, 4.69) is 38.1 Å². The van der Waals surface area contributed by atoms with E-state index in [0.717, 1.165) is 5.56 Å². The van der Waals surface area contributed by atoms with Gasteiger partial charge >= 0.3 is 0 Å². The SMILES string of the molecule is CC1(C)c2ccccc2-c2c(O)cccc21. The molecule has 0 aliphatic heterocycles. The number of phenolic OH excluding ortho intramolecular Hbond substituents is 1. The second kappa shape index (κ2) is 2.88. The molecule has 0 bridgehead atoms. The number of fused-ring (bicyclic) bond motifs is 3. The highest BCUT2D eigenvalue weighted by Crippen LogP contribution is 2.51. The molecule has 1 aliphatic carbocycles. The Bertz CT molecular complexity index is 567. The summed E-state index contributed by atoms with van der Waals surface area (Å²) in [7, 11) is 0. The van der Waals surface area contributed by atoms with Gasteiger partial charge in [0.2, 0.25) is 0 Å². The van der Waals surface area contributed by atoms with Crippen molar-refractivity contribution in [3.8, 4) is 16.9 Å². The van der Waals surface area contributed by atoms with Crippen molar-refractivity contribution in [1.29, 1.82) is 0 Å². The topological polar surface area (TPSA) is 20.2 Å². The normalized spacial score (nSPS) is 15.6. The van der Waals surface area contributed by atoms with Crippen LogP contribution in [0, 0.1) is 0 Å². The van der Waals surface area contributed by atoms with Gasteiger partial charge in [-0.25, -0.2) is 0 Å². The fraction of sp³-hybridized carbons (Fsp3) is 0.200. The largest absolute Gasteiger partial charge is 0.507 e. The zero-order valence-corrected chi connectivity index (χ0v) is 9.49. The van der Waals surface area contributed by atoms with E-state index in [0.29, 0.717) is 5.75 Å². The molecule has 1 N–H and O–H groups in total. The maximum absolute atomic E-state index is 10.0. The third kappa shape index (κ3) is 1.00. The number of rotatable bonds is 0. The third-order valence-electron chi connectivity index (χ3n) is 3.59. The first-order valence-electron chi connectivity index (χ1n) is 5.54.